The van der Waals surface area contributed by atoms with Crippen molar-refractivity contribution in [3.05, 3.63) is 23.8 Å². The lowest BCUT2D eigenvalue weighted by Gasteiger charge is -2.26. The standard InChI is InChI=1S/C15H20F3NO3/c1-5-8-14(2,22-4)13(20)19-10-6-7-12(21-3)11(9-10)15(16,17)18/h6-7,9H,5,8H2,1-4H3,(H,19,20). The summed E-state index contributed by atoms with van der Waals surface area (Å²) >= 11 is 0. The first-order valence-electron chi connectivity index (χ1n) is 6.79. The first-order chi connectivity index (χ1) is 10.2. The van der Waals surface area contributed by atoms with Gasteiger partial charge in [-0.05, 0) is 31.5 Å². The number of ether oxygens (including phenoxy) is 2. The van der Waals surface area contributed by atoms with Gasteiger partial charge in [0.25, 0.3) is 5.91 Å². The molecule has 1 amide bonds. The van der Waals surface area contributed by atoms with Gasteiger partial charge >= 0.3 is 6.18 Å². The van der Waals surface area contributed by atoms with Gasteiger partial charge in [-0.2, -0.15) is 13.2 Å². The summed E-state index contributed by atoms with van der Waals surface area (Å²) in [6.07, 6.45) is -3.41. The fourth-order valence-corrected chi connectivity index (χ4v) is 2.06. The van der Waals surface area contributed by atoms with Crippen LogP contribution in [0.4, 0.5) is 18.9 Å². The highest BCUT2D eigenvalue weighted by Gasteiger charge is 2.36. The molecule has 0 saturated heterocycles. The fourth-order valence-electron chi connectivity index (χ4n) is 2.06. The summed E-state index contributed by atoms with van der Waals surface area (Å²) in [5.74, 6) is -0.788. The molecule has 1 atom stereocenters. The molecule has 0 spiro atoms. The van der Waals surface area contributed by atoms with E-state index in [1.807, 2.05) is 6.92 Å². The number of amides is 1. The third-order valence-corrected chi connectivity index (χ3v) is 3.42. The van der Waals surface area contributed by atoms with Crippen LogP contribution in [0.25, 0.3) is 0 Å². The minimum Gasteiger partial charge on any atom is -0.496 e. The molecule has 1 aromatic carbocycles. The van der Waals surface area contributed by atoms with E-state index in [1.54, 1.807) is 6.92 Å². The molecule has 124 valence electrons. The molecule has 22 heavy (non-hydrogen) atoms. The molecule has 4 nitrogen and oxygen atoms in total. The van der Waals surface area contributed by atoms with Gasteiger partial charge in [-0.25, -0.2) is 0 Å². The summed E-state index contributed by atoms with van der Waals surface area (Å²) in [7, 11) is 2.55. The first kappa shape index (κ1) is 18.3. The van der Waals surface area contributed by atoms with Crippen molar-refractivity contribution in [2.45, 2.75) is 38.5 Å². The lowest BCUT2D eigenvalue weighted by molar-refractivity contribution is -0.139. The second kappa shape index (κ2) is 7.00. The van der Waals surface area contributed by atoms with Crippen LogP contribution in [0.15, 0.2) is 18.2 Å². The van der Waals surface area contributed by atoms with E-state index in [0.717, 1.165) is 13.2 Å². The van der Waals surface area contributed by atoms with Crippen LogP contribution in [-0.2, 0) is 15.7 Å². The largest absolute Gasteiger partial charge is 0.496 e. The van der Waals surface area contributed by atoms with Crippen LogP contribution in [0.1, 0.15) is 32.3 Å². The molecule has 0 heterocycles. The molecule has 0 radical (unpaired) electrons. The predicted molar refractivity (Wildman–Crippen MR) is 76.9 cm³/mol. The summed E-state index contributed by atoms with van der Waals surface area (Å²) in [5, 5.41) is 2.46. The monoisotopic (exact) mass is 319 g/mol. The van der Waals surface area contributed by atoms with Crippen LogP contribution in [0.3, 0.4) is 0 Å². The van der Waals surface area contributed by atoms with E-state index in [4.69, 9.17) is 9.47 Å². The van der Waals surface area contributed by atoms with E-state index < -0.39 is 23.2 Å². The highest BCUT2D eigenvalue weighted by atomic mass is 19.4. The molecule has 1 N–H and O–H groups in total. The second-order valence-corrected chi connectivity index (χ2v) is 5.05. The number of hydrogen-bond acceptors (Lipinski definition) is 3. The Hall–Kier alpha value is -1.76. The molecule has 0 aromatic heterocycles. The Morgan fingerprint density at radius 1 is 1.27 bits per heavy atom. The predicted octanol–water partition coefficient (Wildman–Crippen LogP) is 3.86. The number of carbonyl (C=O) groups is 1. The van der Waals surface area contributed by atoms with E-state index in [2.05, 4.69) is 5.32 Å². The topological polar surface area (TPSA) is 47.6 Å². The van der Waals surface area contributed by atoms with Crippen LogP contribution in [0.2, 0.25) is 0 Å². The Bertz CT molecular complexity index is 531. The molecular formula is C15H20F3NO3. The van der Waals surface area contributed by atoms with Gasteiger partial charge in [-0.15, -0.1) is 0 Å². The summed E-state index contributed by atoms with van der Waals surface area (Å²) in [4.78, 5) is 12.2. The van der Waals surface area contributed by atoms with E-state index >= 15 is 0 Å². The molecule has 1 aromatic rings. The number of halogens is 3. The normalized spacial score (nSPS) is 14.3. The average Bonchev–Trinajstić information content (AvgIpc) is 2.46. The van der Waals surface area contributed by atoms with Crippen LogP contribution in [0.5, 0.6) is 5.75 Å². The van der Waals surface area contributed by atoms with Crippen molar-refractivity contribution in [1.82, 2.24) is 0 Å². The van der Waals surface area contributed by atoms with Gasteiger partial charge < -0.3 is 14.8 Å². The number of benzene rings is 1. The summed E-state index contributed by atoms with van der Waals surface area (Å²) in [5.41, 5.74) is -1.99. The van der Waals surface area contributed by atoms with Crippen LogP contribution < -0.4 is 10.1 Å². The van der Waals surface area contributed by atoms with E-state index in [-0.39, 0.29) is 11.4 Å². The molecule has 0 bridgehead atoms. The highest BCUT2D eigenvalue weighted by molar-refractivity contribution is 5.97. The zero-order valence-corrected chi connectivity index (χ0v) is 13.0. The Morgan fingerprint density at radius 3 is 2.36 bits per heavy atom. The molecule has 0 aliphatic rings. The van der Waals surface area contributed by atoms with Crippen LogP contribution in [-0.4, -0.2) is 25.7 Å². The minimum absolute atomic E-state index is 0.0394. The lowest BCUT2D eigenvalue weighted by atomic mass is 9.99. The SMILES string of the molecule is CCCC(C)(OC)C(=O)Nc1ccc(OC)c(C(F)(F)F)c1. The zero-order chi connectivity index (χ0) is 17.0. The molecule has 1 unspecified atom stereocenters. The zero-order valence-electron chi connectivity index (χ0n) is 13.0. The minimum atomic E-state index is -4.57. The van der Waals surface area contributed by atoms with E-state index in [0.29, 0.717) is 12.8 Å². The second-order valence-electron chi connectivity index (χ2n) is 5.05. The third-order valence-electron chi connectivity index (χ3n) is 3.42. The molecule has 0 fully saturated rings. The fraction of sp³-hybridized carbons (Fsp3) is 0.533. The molecule has 1 rings (SSSR count). The number of methoxy groups -OCH3 is 2. The smallest absolute Gasteiger partial charge is 0.420 e. The molecule has 0 saturated carbocycles. The van der Waals surface area contributed by atoms with Gasteiger partial charge in [-0.3, -0.25) is 4.79 Å². The van der Waals surface area contributed by atoms with Gasteiger partial charge in [0.2, 0.25) is 0 Å². The number of anilines is 1. The number of nitrogens with one attached hydrogen (secondary N) is 1. The number of hydrogen-bond donors (Lipinski definition) is 1. The van der Waals surface area contributed by atoms with Gasteiger partial charge in [-0.1, -0.05) is 13.3 Å². The van der Waals surface area contributed by atoms with Crippen molar-refractivity contribution in [2.75, 3.05) is 19.5 Å². The molecule has 0 aliphatic heterocycles. The van der Waals surface area contributed by atoms with Crippen LogP contribution >= 0.6 is 0 Å². The summed E-state index contributed by atoms with van der Waals surface area (Å²) in [6, 6.07) is 3.37. The van der Waals surface area contributed by atoms with Crippen molar-refractivity contribution in [1.29, 1.82) is 0 Å². The Morgan fingerprint density at radius 2 is 1.91 bits per heavy atom. The van der Waals surface area contributed by atoms with Crippen molar-refractivity contribution < 1.29 is 27.4 Å². The van der Waals surface area contributed by atoms with Gasteiger partial charge in [0.1, 0.15) is 11.4 Å². The quantitative estimate of drug-likeness (QED) is 0.866. The summed E-state index contributed by atoms with van der Waals surface area (Å²) in [6.45, 7) is 3.49. The Balaban J connectivity index is 3.07. The lowest BCUT2D eigenvalue weighted by Crippen LogP contribution is -2.41. The number of carbonyl (C=O) groups excluding carboxylic acids is 1. The van der Waals surface area contributed by atoms with Gasteiger partial charge in [0, 0.05) is 12.8 Å². The van der Waals surface area contributed by atoms with Crippen LogP contribution in [0, 0.1) is 0 Å². The number of rotatable bonds is 6. The Kier molecular flexibility index (Phi) is 5.82. The highest BCUT2D eigenvalue weighted by Crippen LogP contribution is 2.37. The molecular weight excluding hydrogens is 299 g/mol. The van der Waals surface area contributed by atoms with Crippen molar-refractivity contribution >= 4 is 11.6 Å². The van der Waals surface area contributed by atoms with Crippen molar-refractivity contribution in [3.63, 3.8) is 0 Å². The van der Waals surface area contributed by atoms with Gasteiger partial charge in [0.05, 0.1) is 12.7 Å². The first-order valence-corrected chi connectivity index (χ1v) is 6.79. The Labute approximate surface area is 127 Å². The number of alkyl halides is 3. The molecule has 7 heteroatoms. The van der Waals surface area contributed by atoms with E-state index in [9.17, 15) is 18.0 Å². The average molecular weight is 319 g/mol. The van der Waals surface area contributed by atoms with Crippen molar-refractivity contribution in [3.8, 4) is 5.75 Å². The maximum Gasteiger partial charge on any atom is 0.420 e. The maximum absolute atomic E-state index is 13.0. The van der Waals surface area contributed by atoms with Gasteiger partial charge in [0.15, 0.2) is 0 Å². The van der Waals surface area contributed by atoms with Crippen molar-refractivity contribution in [2.24, 2.45) is 0 Å². The summed E-state index contributed by atoms with van der Waals surface area (Å²) < 4.78 is 48.8. The maximum atomic E-state index is 13.0. The molecule has 0 aliphatic carbocycles. The van der Waals surface area contributed by atoms with E-state index in [1.165, 1.54) is 19.2 Å². The third kappa shape index (κ3) is 4.13.